The molecular weight excluding hydrogens is 356 g/mol. The molecule has 0 bridgehead atoms. The third-order valence-corrected chi connectivity index (χ3v) is 5.14. The first-order chi connectivity index (χ1) is 12.7. The lowest BCUT2D eigenvalue weighted by molar-refractivity contribution is -0.384. The minimum atomic E-state index is -1.11. The Morgan fingerprint density at radius 1 is 1.22 bits per heavy atom. The molecule has 1 aromatic carbocycles. The molecule has 10 nitrogen and oxygen atoms in total. The van der Waals surface area contributed by atoms with E-state index in [1.807, 2.05) is 0 Å². The van der Waals surface area contributed by atoms with E-state index in [0.29, 0.717) is 0 Å². The van der Waals surface area contributed by atoms with Gasteiger partial charge in [-0.25, -0.2) is 5.84 Å². The molecule has 10 heteroatoms. The second kappa shape index (κ2) is 8.58. The summed E-state index contributed by atoms with van der Waals surface area (Å²) in [7, 11) is 0. The molecule has 1 aliphatic carbocycles. The smallest absolute Gasteiger partial charge is 0.323 e. The van der Waals surface area contributed by atoms with Crippen molar-refractivity contribution < 1.29 is 24.4 Å². The largest absolute Gasteiger partial charge is 0.481 e. The quantitative estimate of drug-likeness (QED) is 0.198. The molecule has 146 valence electrons. The van der Waals surface area contributed by atoms with E-state index in [9.17, 15) is 24.5 Å². The minimum Gasteiger partial charge on any atom is -0.481 e. The molecule has 5 N–H and O–H groups in total. The van der Waals surface area contributed by atoms with E-state index in [1.54, 1.807) is 18.4 Å². The first-order valence-corrected chi connectivity index (χ1v) is 8.57. The maximum absolute atomic E-state index is 11.6. The number of hydrogen-bond acceptors (Lipinski definition) is 6. The molecule has 2 amide bonds. The van der Waals surface area contributed by atoms with Crippen LogP contribution in [-0.2, 0) is 14.4 Å². The van der Waals surface area contributed by atoms with Crippen LogP contribution >= 0.6 is 0 Å². The van der Waals surface area contributed by atoms with Gasteiger partial charge in [-0.3, -0.25) is 29.9 Å². The molecule has 1 saturated carbocycles. The first kappa shape index (κ1) is 20.3. The number of carboxylic acid groups (broad SMARTS) is 1. The number of nitro benzene ring substituents is 1. The number of benzene rings is 1. The summed E-state index contributed by atoms with van der Waals surface area (Å²) in [5.74, 6) is 1.61. The van der Waals surface area contributed by atoms with Crippen LogP contribution in [0.25, 0.3) is 0 Å². The highest BCUT2D eigenvalue weighted by Gasteiger charge is 2.30. The Morgan fingerprint density at radius 2 is 1.85 bits per heavy atom. The summed E-state index contributed by atoms with van der Waals surface area (Å²) in [5.41, 5.74) is 2.00. The zero-order valence-electron chi connectivity index (χ0n) is 14.8. The first-order valence-electron chi connectivity index (χ1n) is 8.57. The van der Waals surface area contributed by atoms with Gasteiger partial charge in [0.1, 0.15) is 5.69 Å². The summed E-state index contributed by atoms with van der Waals surface area (Å²) >= 11 is 0. The fourth-order valence-corrected chi connectivity index (χ4v) is 3.46. The van der Waals surface area contributed by atoms with Crippen molar-refractivity contribution in [2.45, 2.75) is 38.5 Å². The lowest BCUT2D eigenvalue weighted by Gasteiger charge is -2.30. The van der Waals surface area contributed by atoms with Gasteiger partial charge >= 0.3 is 17.8 Å². The second-order valence-corrected chi connectivity index (χ2v) is 6.70. The number of carbonyl (C=O) groups excluding carboxylic acids is 2. The number of aliphatic carboxylic acids is 1. The maximum Gasteiger partial charge on any atom is 0.323 e. The number of amides is 2. The topological polar surface area (TPSA) is 165 Å². The third kappa shape index (κ3) is 4.79. The van der Waals surface area contributed by atoms with E-state index in [0.717, 1.165) is 31.2 Å². The highest BCUT2D eigenvalue weighted by molar-refractivity contribution is 6.39. The third-order valence-electron chi connectivity index (χ3n) is 5.14. The predicted octanol–water partition coefficient (Wildman–Crippen LogP) is 1.52. The van der Waals surface area contributed by atoms with Crippen molar-refractivity contribution in [3.63, 3.8) is 0 Å². The molecule has 0 radical (unpaired) electrons. The SMILES string of the molecule is CC(C(=O)O)C1CCC(c2ccc(NC(=O)C(=O)NN)c([N+](=O)[O-])c2)CC1. The van der Waals surface area contributed by atoms with Crippen LogP contribution in [0.5, 0.6) is 0 Å². The van der Waals surface area contributed by atoms with Gasteiger partial charge < -0.3 is 10.4 Å². The van der Waals surface area contributed by atoms with Crippen LogP contribution in [0.4, 0.5) is 11.4 Å². The van der Waals surface area contributed by atoms with Gasteiger partial charge in [0.25, 0.3) is 5.69 Å². The van der Waals surface area contributed by atoms with Crippen molar-refractivity contribution in [2.24, 2.45) is 17.7 Å². The molecule has 27 heavy (non-hydrogen) atoms. The number of nitro groups is 1. The van der Waals surface area contributed by atoms with Crippen LogP contribution in [0, 0.1) is 22.0 Å². The Balaban J connectivity index is 2.14. The molecule has 0 aliphatic heterocycles. The van der Waals surface area contributed by atoms with E-state index in [-0.39, 0.29) is 23.2 Å². The predicted molar refractivity (Wildman–Crippen MR) is 95.6 cm³/mol. The van der Waals surface area contributed by atoms with Gasteiger partial charge in [-0.05, 0) is 49.1 Å². The standard InChI is InChI=1S/C17H22N4O6/c1-9(17(24)25)10-2-4-11(5-3-10)12-6-7-13(14(8-12)21(26)27)19-15(22)16(23)20-18/h6-11H,2-5,18H2,1H3,(H,19,22)(H,20,23)(H,24,25). The lowest BCUT2D eigenvalue weighted by atomic mass is 9.74. The number of hydrazine groups is 1. The van der Waals surface area contributed by atoms with Gasteiger partial charge in [0, 0.05) is 6.07 Å². The fourth-order valence-electron chi connectivity index (χ4n) is 3.46. The van der Waals surface area contributed by atoms with E-state index >= 15 is 0 Å². The molecule has 0 aromatic heterocycles. The highest BCUT2D eigenvalue weighted by Crippen LogP contribution is 2.40. The van der Waals surface area contributed by atoms with Crippen LogP contribution in [-0.4, -0.2) is 27.8 Å². The summed E-state index contributed by atoms with van der Waals surface area (Å²) in [4.78, 5) is 44.6. The monoisotopic (exact) mass is 378 g/mol. The number of hydrogen-bond donors (Lipinski definition) is 4. The summed E-state index contributed by atoms with van der Waals surface area (Å²) in [5, 5.41) is 22.7. The molecule has 2 rings (SSSR count). The van der Waals surface area contributed by atoms with Crippen LogP contribution in [0.1, 0.15) is 44.1 Å². The Morgan fingerprint density at radius 3 is 2.37 bits per heavy atom. The molecule has 1 atom stereocenters. The Kier molecular flexibility index (Phi) is 6.45. The highest BCUT2D eigenvalue weighted by atomic mass is 16.6. The molecule has 0 saturated heterocycles. The maximum atomic E-state index is 11.6. The number of anilines is 1. The summed E-state index contributed by atoms with van der Waals surface area (Å²) in [6, 6.07) is 4.46. The van der Waals surface area contributed by atoms with Crippen molar-refractivity contribution in [2.75, 3.05) is 5.32 Å². The van der Waals surface area contributed by atoms with Crippen LogP contribution in [0.15, 0.2) is 18.2 Å². The van der Waals surface area contributed by atoms with Gasteiger partial charge in [-0.1, -0.05) is 13.0 Å². The number of nitrogens with two attached hydrogens (primary N) is 1. The van der Waals surface area contributed by atoms with Gasteiger partial charge in [0.2, 0.25) is 0 Å². The summed E-state index contributed by atoms with van der Waals surface area (Å²) in [6.07, 6.45) is 2.95. The molecule has 1 aliphatic rings. The van der Waals surface area contributed by atoms with Crippen LogP contribution in [0.3, 0.4) is 0 Å². The number of nitrogens with one attached hydrogen (secondary N) is 2. The second-order valence-electron chi connectivity index (χ2n) is 6.70. The molecule has 0 heterocycles. The van der Waals surface area contributed by atoms with Crippen LogP contribution < -0.4 is 16.6 Å². The Hall–Kier alpha value is -3.01. The minimum absolute atomic E-state index is 0.0815. The van der Waals surface area contributed by atoms with Crippen molar-refractivity contribution in [3.05, 3.63) is 33.9 Å². The van der Waals surface area contributed by atoms with E-state index in [1.165, 1.54) is 12.1 Å². The lowest BCUT2D eigenvalue weighted by Crippen LogP contribution is -2.39. The fraction of sp³-hybridized carbons (Fsp3) is 0.471. The molecule has 1 fully saturated rings. The van der Waals surface area contributed by atoms with E-state index in [2.05, 4.69) is 5.32 Å². The molecule has 1 aromatic rings. The summed E-state index contributed by atoms with van der Waals surface area (Å²) in [6.45, 7) is 1.70. The van der Waals surface area contributed by atoms with E-state index < -0.39 is 28.6 Å². The zero-order valence-corrected chi connectivity index (χ0v) is 14.8. The summed E-state index contributed by atoms with van der Waals surface area (Å²) < 4.78 is 0. The average Bonchev–Trinajstić information content (AvgIpc) is 2.66. The number of carbonyl (C=O) groups is 3. The Bertz CT molecular complexity index is 758. The number of carboxylic acids is 1. The average molecular weight is 378 g/mol. The van der Waals surface area contributed by atoms with Crippen molar-refractivity contribution in [1.29, 1.82) is 0 Å². The van der Waals surface area contributed by atoms with Crippen molar-refractivity contribution in [1.82, 2.24) is 5.43 Å². The number of rotatable bonds is 5. The zero-order chi connectivity index (χ0) is 20.1. The van der Waals surface area contributed by atoms with Gasteiger partial charge in [-0.15, -0.1) is 0 Å². The molecular formula is C17H22N4O6. The number of nitrogens with zero attached hydrogens (tertiary/aromatic N) is 1. The van der Waals surface area contributed by atoms with Crippen molar-refractivity contribution in [3.8, 4) is 0 Å². The molecule has 0 spiro atoms. The normalized spacial score (nSPS) is 20.4. The Labute approximate surface area is 155 Å². The van der Waals surface area contributed by atoms with Crippen molar-refractivity contribution >= 4 is 29.2 Å². The van der Waals surface area contributed by atoms with Gasteiger partial charge in [0.05, 0.1) is 10.8 Å². The van der Waals surface area contributed by atoms with Crippen LogP contribution in [0.2, 0.25) is 0 Å². The van der Waals surface area contributed by atoms with Gasteiger partial charge in [-0.2, -0.15) is 0 Å². The van der Waals surface area contributed by atoms with Gasteiger partial charge in [0.15, 0.2) is 0 Å². The molecule has 1 unspecified atom stereocenters. The van der Waals surface area contributed by atoms with E-state index in [4.69, 9.17) is 10.9 Å².